The summed E-state index contributed by atoms with van der Waals surface area (Å²) in [4.78, 5) is 29.2. The maximum Gasteiger partial charge on any atom is 0.291 e. The first-order valence-corrected chi connectivity index (χ1v) is 8.51. The average molecular weight is 376 g/mol. The highest BCUT2D eigenvalue weighted by atomic mass is 16.5. The molecule has 0 spiro atoms. The molecule has 3 aromatic heterocycles. The van der Waals surface area contributed by atoms with Crippen molar-refractivity contribution in [3.8, 4) is 0 Å². The first-order valence-electron chi connectivity index (χ1n) is 8.51. The Kier molecular flexibility index (Phi) is 4.36. The number of aromatic nitrogens is 2. The molecule has 3 heterocycles. The van der Waals surface area contributed by atoms with Gasteiger partial charge in [-0.25, -0.2) is 4.98 Å². The van der Waals surface area contributed by atoms with E-state index >= 15 is 0 Å². The van der Waals surface area contributed by atoms with Crippen LogP contribution in [0.15, 0.2) is 57.7 Å². The van der Waals surface area contributed by atoms with Crippen LogP contribution in [0.2, 0.25) is 0 Å². The van der Waals surface area contributed by atoms with Crippen molar-refractivity contribution >= 4 is 34.3 Å². The minimum atomic E-state index is -0.375. The SMILES string of the molecule is Cc1cc(C(=O)Nc2cccc(NC(=O)c3ccco3)c2)c2c(C)noc2n1. The van der Waals surface area contributed by atoms with Crippen molar-refractivity contribution in [3.05, 3.63) is 71.4 Å². The van der Waals surface area contributed by atoms with Crippen molar-refractivity contribution in [2.75, 3.05) is 10.6 Å². The van der Waals surface area contributed by atoms with E-state index in [1.807, 2.05) is 0 Å². The van der Waals surface area contributed by atoms with Crippen LogP contribution in [-0.2, 0) is 0 Å². The molecule has 0 bridgehead atoms. The van der Waals surface area contributed by atoms with Gasteiger partial charge in [0.15, 0.2) is 5.76 Å². The summed E-state index contributed by atoms with van der Waals surface area (Å²) in [6, 6.07) is 11.7. The second kappa shape index (κ2) is 6.99. The van der Waals surface area contributed by atoms with Gasteiger partial charge >= 0.3 is 0 Å². The third kappa shape index (κ3) is 3.35. The number of carbonyl (C=O) groups excluding carboxylic acids is 2. The largest absolute Gasteiger partial charge is 0.459 e. The van der Waals surface area contributed by atoms with Gasteiger partial charge in [0.05, 0.1) is 22.9 Å². The Morgan fingerprint density at radius 1 is 0.964 bits per heavy atom. The quantitative estimate of drug-likeness (QED) is 0.558. The van der Waals surface area contributed by atoms with E-state index in [0.717, 1.165) is 0 Å². The van der Waals surface area contributed by atoms with Crippen molar-refractivity contribution < 1.29 is 18.5 Å². The summed E-state index contributed by atoms with van der Waals surface area (Å²) in [6.45, 7) is 3.53. The zero-order valence-corrected chi connectivity index (χ0v) is 15.1. The van der Waals surface area contributed by atoms with Gasteiger partial charge in [-0.05, 0) is 50.2 Å². The zero-order valence-electron chi connectivity index (χ0n) is 15.1. The number of nitrogens with one attached hydrogen (secondary N) is 2. The van der Waals surface area contributed by atoms with Crippen LogP contribution in [0.4, 0.5) is 11.4 Å². The molecule has 0 saturated carbocycles. The van der Waals surface area contributed by atoms with Crippen LogP contribution < -0.4 is 10.6 Å². The molecule has 1 aromatic carbocycles. The van der Waals surface area contributed by atoms with Gasteiger partial charge < -0.3 is 19.6 Å². The van der Waals surface area contributed by atoms with Gasteiger partial charge in [0, 0.05) is 17.1 Å². The van der Waals surface area contributed by atoms with E-state index in [1.165, 1.54) is 6.26 Å². The van der Waals surface area contributed by atoms with E-state index in [9.17, 15) is 9.59 Å². The average Bonchev–Trinajstić information content (AvgIpc) is 3.32. The lowest BCUT2D eigenvalue weighted by Gasteiger charge is -2.09. The minimum absolute atomic E-state index is 0.201. The maximum absolute atomic E-state index is 12.8. The summed E-state index contributed by atoms with van der Waals surface area (Å²) in [7, 11) is 0. The van der Waals surface area contributed by atoms with Crippen LogP contribution in [0.25, 0.3) is 11.1 Å². The molecule has 2 amide bonds. The summed E-state index contributed by atoms with van der Waals surface area (Å²) in [5.74, 6) is -0.497. The van der Waals surface area contributed by atoms with Crippen molar-refractivity contribution in [2.24, 2.45) is 0 Å². The van der Waals surface area contributed by atoms with E-state index in [4.69, 9.17) is 8.94 Å². The fourth-order valence-corrected chi connectivity index (χ4v) is 2.87. The van der Waals surface area contributed by atoms with Crippen molar-refractivity contribution in [1.29, 1.82) is 0 Å². The molecule has 0 atom stereocenters. The van der Waals surface area contributed by atoms with Crippen LogP contribution in [-0.4, -0.2) is 22.0 Å². The number of carbonyl (C=O) groups is 2. The summed E-state index contributed by atoms with van der Waals surface area (Å²) < 4.78 is 10.2. The monoisotopic (exact) mass is 376 g/mol. The molecule has 0 radical (unpaired) electrons. The molecule has 0 fully saturated rings. The zero-order chi connectivity index (χ0) is 19.7. The Morgan fingerprint density at radius 3 is 2.43 bits per heavy atom. The van der Waals surface area contributed by atoms with E-state index in [-0.39, 0.29) is 17.6 Å². The van der Waals surface area contributed by atoms with E-state index in [0.29, 0.717) is 39.4 Å². The van der Waals surface area contributed by atoms with Crippen molar-refractivity contribution in [2.45, 2.75) is 13.8 Å². The lowest BCUT2D eigenvalue weighted by Crippen LogP contribution is -2.14. The van der Waals surface area contributed by atoms with Crippen LogP contribution in [0.5, 0.6) is 0 Å². The second-order valence-corrected chi connectivity index (χ2v) is 6.23. The molecule has 0 aliphatic heterocycles. The minimum Gasteiger partial charge on any atom is -0.459 e. The highest BCUT2D eigenvalue weighted by Gasteiger charge is 2.18. The lowest BCUT2D eigenvalue weighted by molar-refractivity contribution is 0.0995. The molecule has 4 rings (SSSR count). The topological polar surface area (TPSA) is 110 Å². The van der Waals surface area contributed by atoms with Gasteiger partial charge in [-0.2, -0.15) is 0 Å². The number of hydrogen-bond donors (Lipinski definition) is 2. The standard InChI is InChI=1S/C20H16N4O4/c1-11-9-15(17-12(2)24-28-20(17)21-11)18(25)22-13-5-3-6-14(10-13)23-19(26)16-7-4-8-27-16/h3-10H,1-2H3,(H,22,25)(H,23,26). The Morgan fingerprint density at radius 2 is 1.71 bits per heavy atom. The van der Waals surface area contributed by atoms with E-state index in [2.05, 4.69) is 20.8 Å². The van der Waals surface area contributed by atoms with Crippen LogP contribution in [0.1, 0.15) is 32.3 Å². The molecule has 4 aromatic rings. The number of benzene rings is 1. The highest BCUT2D eigenvalue weighted by Crippen LogP contribution is 2.24. The molecule has 140 valence electrons. The highest BCUT2D eigenvalue weighted by molar-refractivity contribution is 6.12. The predicted octanol–water partition coefficient (Wildman–Crippen LogP) is 3.94. The van der Waals surface area contributed by atoms with Crippen LogP contribution in [0.3, 0.4) is 0 Å². The number of aryl methyl sites for hydroxylation is 2. The lowest BCUT2D eigenvalue weighted by atomic mass is 10.1. The third-order valence-electron chi connectivity index (χ3n) is 4.11. The number of furan rings is 1. The number of nitrogens with zero attached hydrogens (tertiary/aromatic N) is 2. The molecule has 0 aliphatic carbocycles. The predicted molar refractivity (Wildman–Crippen MR) is 102 cm³/mol. The van der Waals surface area contributed by atoms with Crippen LogP contribution in [0, 0.1) is 13.8 Å². The molecule has 2 N–H and O–H groups in total. The van der Waals surface area contributed by atoms with Crippen molar-refractivity contribution in [1.82, 2.24) is 10.1 Å². The van der Waals surface area contributed by atoms with Crippen molar-refractivity contribution in [3.63, 3.8) is 0 Å². The number of amides is 2. The molecule has 8 nitrogen and oxygen atoms in total. The fraction of sp³-hybridized carbons (Fsp3) is 0.100. The van der Waals surface area contributed by atoms with Crippen LogP contribution >= 0.6 is 0 Å². The van der Waals surface area contributed by atoms with Gasteiger partial charge in [0.1, 0.15) is 0 Å². The number of rotatable bonds is 4. The smallest absolute Gasteiger partial charge is 0.291 e. The Hall–Kier alpha value is -3.94. The molecule has 0 saturated heterocycles. The van der Waals surface area contributed by atoms with Gasteiger partial charge in [-0.1, -0.05) is 11.2 Å². The van der Waals surface area contributed by atoms with Gasteiger partial charge in [0.25, 0.3) is 17.5 Å². The third-order valence-corrected chi connectivity index (χ3v) is 4.11. The molecule has 0 aliphatic rings. The Bertz CT molecular complexity index is 1180. The molecular formula is C20H16N4O4. The molecular weight excluding hydrogens is 360 g/mol. The summed E-state index contributed by atoms with van der Waals surface area (Å²) >= 11 is 0. The first-order chi connectivity index (χ1) is 13.5. The van der Waals surface area contributed by atoms with Gasteiger partial charge in [0.2, 0.25) is 0 Å². The summed E-state index contributed by atoms with van der Waals surface area (Å²) in [6.07, 6.45) is 1.43. The Labute approximate surface area is 159 Å². The van der Waals surface area contributed by atoms with Gasteiger partial charge in [-0.15, -0.1) is 0 Å². The van der Waals surface area contributed by atoms with E-state index in [1.54, 1.807) is 56.3 Å². The molecule has 8 heteroatoms. The molecule has 0 unspecified atom stereocenters. The van der Waals surface area contributed by atoms with E-state index < -0.39 is 0 Å². The number of pyridine rings is 1. The summed E-state index contributed by atoms with van der Waals surface area (Å²) in [5.41, 5.74) is 3.03. The van der Waals surface area contributed by atoms with Gasteiger partial charge in [-0.3, -0.25) is 9.59 Å². The molecule has 28 heavy (non-hydrogen) atoms. The first kappa shape index (κ1) is 17.5. The number of hydrogen-bond acceptors (Lipinski definition) is 6. The normalized spacial score (nSPS) is 10.8. The Balaban J connectivity index is 1.57. The maximum atomic E-state index is 12.8. The number of anilines is 2. The fourth-order valence-electron chi connectivity index (χ4n) is 2.87. The summed E-state index contributed by atoms with van der Waals surface area (Å²) in [5, 5.41) is 10.0. The number of fused-ring (bicyclic) bond motifs is 1. The second-order valence-electron chi connectivity index (χ2n) is 6.23.